The minimum Gasteiger partial charge on any atom is -0.464 e. The highest BCUT2D eigenvalue weighted by molar-refractivity contribution is 9.10. The smallest absolute Gasteiger partial charge is 0.417 e. The Morgan fingerprint density at radius 2 is 2.36 bits per heavy atom. The van der Waals surface area contributed by atoms with Crippen LogP contribution in [0.5, 0.6) is 0 Å². The van der Waals surface area contributed by atoms with Gasteiger partial charge in [0.2, 0.25) is 0 Å². The summed E-state index contributed by atoms with van der Waals surface area (Å²) in [4.78, 5) is 11.6. The molecule has 0 aromatic heterocycles. The molecule has 0 bridgehead atoms. The zero-order chi connectivity index (χ0) is 10.6. The zero-order valence-corrected chi connectivity index (χ0v) is 10.0. The van der Waals surface area contributed by atoms with Gasteiger partial charge in [-0.25, -0.2) is 9.10 Å². The Bertz CT molecular complexity index is 332. The van der Waals surface area contributed by atoms with E-state index >= 15 is 0 Å². The van der Waals surface area contributed by atoms with Crippen LogP contribution in [0.3, 0.4) is 0 Å². The molecule has 0 aliphatic heterocycles. The highest BCUT2D eigenvalue weighted by Gasteiger charge is 2.10. The third-order valence-electron chi connectivity index (χ3n) is 1.51. The molecule has 1 aromatic rings. The van der Waals surface area contributed by atoms with Gasteiger partial charge in [-0.05, 0) is 37.1 Å². The summed E-state index contributed by atoms with van der Waals surface area (Å²) in [7, 11) is 0. The third-order valence-corrected chi connectivity index (χ3v) is 3.11. The first kappa shape index (κ1) is 11.4. The van der Waals surface area contributed by atoms with Crippen molar-refractivity contribution in [3.63, 3.8) is 0 Å². The van der Waals surface area contributed by atoms with Gasteiger partial charge < -0.3 is 5.11 Å². The first-order valence-corrected chi connectivity index (χ1v) is 5.64. The SMILES string of the molecule is CCN(Sc1cccc(Br)c1)C(=O)O. The van der Waals surface area contributed by atoms with Crippen molar-refractivity contribution in [2.24, 2.45) is 0 Å². The van der Waals surface area contributed by atoms with Crippen LogP contribution in [0.1, 0.15) is 6.92 Å². The van der Waals surface area contributed by atoms with Crippen LogP contribution >= 0.6 is 27.9 Å². The van der Waals surface area contributed by atoms with Crippen LogP contribution in [0.15, 0.2) is 33.6 Å². The van der Waals surface area contributed by atoms with E-state index in [2.05, 4.69) is 15.9 Å². The molecular weight excluding hydrogens is 266 g/mol. The van der Waals surface area contributed by atoms with Gasteiger partial charge in [0.25, 0.3) is 0 Å². The van der Waals surface area contributed by atoms with Crippen LogP contribution in [0.25, 0.3) is 0 Å². The first-order chi connectivity index (χ1) is 6.63. The lowest BCUT2D eigenvalue weighted by atomic mass is 10.4. The monoisotopic (exact) mass is 275 g/mol. The van der Waals surface area contributed by atoms with Crippen molar-refractivity contribution in [3.8, 4) is 0 Å². The number of amides is 1. The Kier molecular flexibility index (Phi) is 4.28. The van der Waals surface area contributed by atoms with Crippen molar-refractivity contribution >= 4 is 34.0 Å². The van der Waals surface area contributed by atoms with E-state index in [1.807, 2.05) is 24.3 Å². The van der Waals surface area contributed by atoms with E-state index in [1.54, 1.807) is 6.92 Å². The summed E-state index contributed by atoms with van der Waals surface area (Å²) >= 11 is 4.55. The van der Waals surface area contributed by atoms with Gasteiger partial charge in [0.1, 0.15) is 0 Å². The highest BCUT2D eigenvalue weighted by Crippen LogP contribution is 2.25. The Morgan fingerprint density at radius 1 is 1.64 bits per heavy atom. The summed E-state index contributed by atoms with van der Waals surface area (Å²) in [6.07, 6.45) is -0.919. The van der Waals surface area contributed by atoms with Crippen LogP contribution in [0.4, 0.5) is 4.79 Å². The van der Waals surface area contributed by atoms with Crippen molar-refractivity contribution in [1.29, 1.82) is 0 Å². The van der Waals surface area contributed by atoms with Crippen molar-refractivity contribution < 1.29 is 9.90 Å². The maximum absolute atomic E-state index is 10.7. The summed E-state index contributed by atoms with van der Waals surface area (Å²) in [5.41, 5.74) is 0. The summed E-state index contributed by atoms with van der Waals surface area (Å²) < 4.78 is 2.23. The quantitative estimate of drug-likeness (QED) is 0.859. The van der Waals surface area contributed by atoms with Crippen molar-refractivity contribution in [2.45, 2.75) is 11.8 Å². The molecule has 1 N–H and O–H groups in total. The molecule has 0 unspecified atom stereocenters. The number of carbonyl (C=O) groups is 1. The Morgan fingerprint density at radius 3 is 2.86 bits per heavy atom. The maximum Gasteiger partial charge on any atom is 0.417 e. The molecule has 0 saturated carbocycles. The second kappa shape index (κ2) is 5.26. The van der Waals surface area contributed by atoms with E-state index in [-0.39, 0.29) is 0 Å². The van der Waals surface area contributed by atoms with Crippen molar-refractivity contribution in [3.05, 3.63) is 28.7 Å². The zero-order valence-electron chi connectivity index (χ0n) is 7.61. The maximum atomic E-state index is 10.7. The number of nitrogens with zero attached hydrogens (tertiary/aromatic N) is 1. The number of carboxylic acid groups (broad SMARTS) is 1. The van der Waals surface area contributed by atoms with Gasteiger partial charge in [-0.2, -0.15) is 0 Å². The molecule has 0 spiro atoms. The molecule has 0 saturated heterocycles. The largest absolute Gasteiger partial charge is 0.464 e. The van der Waals surface area contributed by atoms with Crippen LogP contribution in [0.2, 0.25) is 0 Å². The third kappa shape index (κ3) is 3.23. The minimum atomic E-state index is -0.919. The van der Waals surface area contributed by atoms with E-state index in [9.17, 15) is 4.79 Å². The van der Waals surface area contributed by atoms with Gasteiger partial charge >= 0.3 is 6.09 Å². The van der Waals surface area contributed by atoms with Crippen molar-refractivity contribution in [1.82, 2.24) is 4.31 Å². The van der Waals surface area contributed by atoms with E-state index in [4.69, 9.17) is 5.11 Å². The second-order valence-electron chi connectivity index (χ2n) is 2.53. The minimum absolute atomic E-state index is 0.465. The van der Waals surface area contributed by atoms with Gasteiger partial charge in [0.05, 0.1) is 0 Å². The van der Waals surface area contributed by atoms with Crippen LogP contribution in [0, 0.1) is 0 Å². The molecular formula is C9H10BrNO2S. The van der Waals surface area contributed by atoms with Gasteiger partial charge in [0, 0.05) is 15.9 Å². The van der Waals surface area contributed by atoms with E-state index in [0.717, 1.165) is 9.37 Å². The lowest BCUT2D eigenvalue weighted by molar-refractivity contribution is 0.176. The molecule has 14 heavy (non-hydrogen) atoms. The average molecular weight is 276 g/mol. The number of hydrogen-bond acceptors (Lipinski definition) is 2. The van der Waals surface area contributed by atoms with E-state index in [1.165, 1.54) is 16.3 Å². The number of hydrogen-bond donors (Lipinski definition) is 1. The van der Waals surface area contributed by atoms with Crippen LogP contribution in [-0.2, 0) is 0 Å². The average Bonchev–Trinajstić information content (AvgIpc) is 2.14. The molecule has 1 amide bonds. The van der Waals surface area contributed by atoms with E-state index < -0.39 is 6.09 Å². The molecule has 0 fully saturated rings. The van der Waals surface area contributed by atoms with Crippen molar-refractivity contribution in [2.75, 3.05) is 6.54 Å². The number of halogens is 1. The van der Waals surface area contributed by atoms with Crippen LogP contribution < -0.4 is 0 Å². The van der Waals surface area contributed by atoms with E-state index in [0.29, 0.717) is 6.54 Å². The molecule has 0 aliphatic rings. The Balaban J connectivity index is 2.72. The summed E-state index contributed by atoms with van der Waals surface area (Å²) in [6, 6.07) is 7.54. The standard InChI is InChI=1S/C9H10BrNO2S/c1-2-11(9(12)13)14-8-5-3-4-7(10)6-8/h3-6H,2H2,1H3,(H,12,13). The Labute approximate surface area is 95.4 Å². The predicted molar refractivity (Wildman–Crippen MR) is 60.4 cm³/mol. The topological polar surface area (TPSA) is 40.5 Å². The van der Waals surface area contributed by atoms with Gasteiger partial charge in [0.15, 0.2) is 0 Å². The lowest BCUT2D eigenvalue weighted by Crippen LogP contribution is -2.21. The predicted octanol–water partition coefficient (Wildman–Crippen LogP) is 3.46. The lowest BCUT2D eigenvalue weighted by Gasteiger charge is -2.14. The molecule has 0 aliphatic carbocycles. The molecule has 5 heteroatoms. The Hall–Kier alpha value is -0.680. The fourth-order valence-electron chi connectivity index (χ4n) is 0.890. The fraction of sp³-hybridized carbons (Fsp3) is 0.222. The number of benzene rings is 1. The second-order valence-corrected chi connectivity index (χ2v) is 4.54. The molecule has 0 radical (unpaired) electrons. The molecule has 0 atom stereocenters. The highest BCUT2D eigenvalue weighted by atomic mass is 79.9. The number of rotatable bonds is 3. The first-order valence-electron chi connectivity index (χ1n) is 4.07. The summed E-state index contributed by atoms with van der Waals surface area (Å²) in [5.74, 6) is 0. The van der Waals surface area contributed by atoms with Crippen LogP contribution in [-0.4, -0.2) is 22.0 Å². The van der Waals surface area contributed by atoms with Gasteiger partial charge in [-0.15, -0.1) is 0 Å². The molecule has 1 rings (SSSR count). The summed E-state index contributed by atoms with van der Waals surface area (Å²) in [6.45, 7) is 2.27. The van der Waals surface area contributed by atoms with Gasteiger partial charge in [-0.3, -0.25) is 0 Å². The summed E-state index contributed by atoms with van der Waals surface area (Å²) in [5, 5.41) is 8.80. The molecule has 76 valence electrons. The normalized spacial score (nSPS) is 9.86. The molecule has 3 nitrogen and oxygen atoms in total. The van der Waals surface area contributed by atoms with Gasteiger partial charge in [-0.1, -0.05) is 22.0 Å². The molecule has 0 heterocycles. The fourth-order valence-corrected chi connectivity index (χ4v) is 2.22. The molecule has 1 aromatic carbocycles.